The van der Waals surface area contributed by atoms with Crippen molar-refractivity contribution in [3.63, 3.8) is 0 Å². The van der Waals surface area contributed by atoms with Gasteiger partial charge in [0.15, 0.2) is 0 Å². The van der Waals surface area contributed by atoms with Crippen LogP contribution in [0.2, 0.25) is 0 Å². The molecule has 178 valence electrons. The largest absolute Gasteiger partial charge is 0.379 e. The smallest absolute Gasteiger partial charge is 0.243 e. The number of hydrogen-bond donors (Lipinski definition) is 2. The van der Waals surface area contributed by atoms with Crippen LogP contribution in [0.15, 0.2) is 22.9 Å². The first-order chi connectivity index (χ1) is 16.5. The minimum absolute atomic E-state index is 0.0939. The molecule has 1 aliphatic heterocycles. The van der Waals surface area contributed by atoms with Gasteiger partial charge < -0.3 is 15.4 Å². The van der Waals surface area contributed by atoms with E-state index in [2.05, 4.69) is 37.5 Å². The van der Waals surface area contributed by atoms with Crippen LogP contribution in [-0.2, 0) is 23.1 Å². The molecule has 5 heterocycles. The van der Waals surface area contributed by atoms with Crippen molar-refractivity contribution in [3.05, 3.63) is 40.1 Å². The summed E-state index contributed by atoms with van der Waals surface area (Å²) in [6.07, 6.45) is 0. The van der Waals surface area contributed by atoms with E-state index < -0.39 is 0 Å². The molecule has 1 fully saturated rings. The maximum Gasteiger partial charge on any atom is 0.243 e. The van der Waals surface area contributed by atoms with Crippen LogP contribution in [0.4, 0.5) is 11.5 Å². The van der Waals surface area contributed by atoms with Crippen LogP contribution in [0.5, 0.6) is 0 Å². The topological polar surface area (TPSA) is 97.2 Å². The number of fused-ring (bicyclic) bond motifs is 1. The predicted octanol–water partition coefficient (Wildman–Crippen LogP) is 3.65. The molecule has 0 aromatic carbocycles. The molecular formula is C23H27N7O2S2. The van der Waals surface area contributed by atoms with Crippen LogP contribution in [0.25, 0.3) is 20.7 Å². The second-order valence-electron chi connectivity index (χ2n) is 8.25. The van der Waals surface area contributed by atoms with Gasteiger partial charge >= 0.3 is 0 Å². The third kappa shape index (κ3) is 4.69. The lowest BCUT2D eigenvalue weighted by Crippen LogP contribution is -2.36. The Balaban J connectivity index is 1.42. The van der Waals surface area contributed by atoms with Crippen molar-refractivity contribution in [3.8, 4) is 10.4 Å². The Morgan fingerprint density at radius 2 is 2.03 bits per heavy atom. The van der Waals surface area contributed by atoms with Crippen LogP contribution >= 0.6 is 22.7 Å². The Morgan fingerprint density at radius 3 is 2.74 bits per heavy atom. The quantitative estimate of drug-likeness (QED) is 0.402. The molecule has 4 aromatic rings. The Kier molecular flexibility index (Phi) is 6.59. The Morgan fingerprint density at radius 1 is 1.21 bits per heavy atom. The zero-order valence-corrected chi connectivity index (χ0v) is 21.1. The van der Waals surface area contributed by atoms with Gasteiger partial charge in [-0.3, -0.25) is 14.4 Å². The van der Waals surface area contributed by atoms with Crippen molar-refractivity contribution < 1.29 is 9.53 Å². The number of aromatic nitrogens is 4. The molecule has 1 amide bonds. The van der Waals surface area contributed by atoms with E-state index in [0.29, 0.717) is 12.4 Å². The summed E-state index contributed by atoms with van der Waals surface area (Å²) in [5.74, 6) is 1.29. The van der Waals surface area contributed by atoms with E-state index in [0.717, 1.165) is 69.9 Å². The minimum atomic E-state index is -0.145. The highest BCUT2D eigenvalue weighted by Crippen LogP contribution is 2.39. The summed E-state index contributed by atoms with van der Waals surface area (Å²) in [6.45, 7) is 7.75. The first kappa shape index (κ1) is 22.9. The highest BCUT2D eigenvalue weighted by Gasteiger charge is 2.19. The van der Waals surface area contributed by atoms with Gasteiger partial charge in [0, 0.05) is 36.0 Å². The Hall–Kier alpha value is -2.86. The van der Waals surface area contributed by atoms with Gasteiger partial charge in [0.05, 0.1) is 48.8 Å². The number of rotatable bonds is 7. The first-order valence-corrected chi connectivity index (χ1v) is 12.9. The third-order valence-corrected chi connectivity index (χ3v) is 7.70. The SMILES string of the molecule is Cc1nn(C)c(C)c1NC(=O)CNc1nc(CN2CCOCC2)nc2scc(-c3cccs3)c12. The molecule has 5 rings (SSSR count). The van der Waals surface area contributed by atoms with Crippen molar-refractivity contribution in [2.75, 3.05) is 43.5 Å². The molecule has 0 saturated carbocycles. The second-order valence-corrected chi connectivity index (χ2v) is 10.1. The summed E-state index contributed by atoms with van der Waals surface area (Å²) in [4.78, 5) is 26.9. The lowest BCUT2D eigenvalue weighted by Gasteiger charge is -2.25. The number of thiophene rings is 2. The number of hydrogen-bond acceptors (Lipinski definition) is 9. The molecule has 0 aliphatic carbocycles. The van der Waals surface area contributed by atoms with Crippen molar-refractivity contribution in [2.24, 2.45) is 7.05 Å². The fourth-order valence-electron chi connectivity index (χ4n) is 4.06. The second kappa shape index (κ2) is 9.79. The summed E-state index contributed by atoms with van der Waals surface area (Å²) in [6, 6.07) is 4.13. The lowest BCUT2D eigenvalue weighted by molar-refractivity contribution is -0.114. The van der Waals surface area contributed by atoms with Crippen LogP contribution in [0.3, 0.4) is 0 Å². The fraction of sp³-hybridized carbons (Fsp3) is 0.391. The summed E-state index contributed by atoms with van der Waals surface area (Å²) in [7, 11) is 1.87. The van der Waals surface area contributed by atoms with Gasteiger partial charge in [-0.05, 0) is 25.3 Å². The van der Waals surface area contributed by atoms with Gasteiger partial charge in [-0.15, -0.1) is 22.7 Å². The molecule has 0 spiro atoms. The molecule has 1 aliphatic rings. The molecule has 0 atom stereocenters. The summed E-state index contributed by atoms with van der Waals surface area (Å²) >= 11 is 3.29. The molecule has 4 aromatic heterocycles. The average molecular weight is 498 g/mol. The van der Waals surface area contributed by atoms with E-state index in [1.54, 1.807) is 27.4 Å². The van der Waals surface area contributed by atoms with E-state index in [4.69, 9.17) is 14.7 Å². The van der Waals surface area contributed by atoms with Crippen molar-refractivity contribution in [1.29, 1.82) is 0 Å². The lowest BCUT2D eigenvalue weighted by atomic mass is 10.2. The van der Waals surface area contributed by atoms with Gasteiger partial charge in [0.1, 0.15) is 16.5 Å². The number of aryl methyl sites for hydroxylation is 2. The van der Waals surface area contributed by atoms with Gasteiger partial charge in [-0.25, -0.2) is 9.97 Å². The molecular weight excluding hydrogens is 470 g/mol. The number of anilines is 2. The summed E-state index contributed by atoms with van der Waals surface area (Å²) in [5.41, 5.74) is 3.56. The Bertz CT molecular complexity index is 1310. The number of amides is 1. The van der Waals surface area contributed by atoms with Gasteiger partial charge in [-0.1, -0.05) is 6.07 Å². The van der Waals surface area contributed by atoms with E-state index in [-0.39, 0.29) is 12.5 Å². The zero-order chi connectivity index (χ0) is 23.7. The maximum atomic E-state index is 12.8. The molecule has 34 heavy (non-hydrogen) atoms. The molecule has 0 bridgehead atoms. The van der Waals surface area contributed by atoms with E-state index >= 15 is 0 Å². The van der Waals surface area contributed by atoms with E-state index in [1.165, 1.54) is 0 Å². The zero-order valence-electron chi connectivity index (χ0n) is 19.4. The molecule has 0 unspecified atom stereocenters. The third-order valence-electron chi connectivity index (χ3n) is 5.93. The average Bonchev–Trinajstić information content (AvgIpc) is 3.55. The molecule has 0 radical (unpaired) electrons. The van der Waals surface area contributed by atoms with E-state index in [1.807, 2.05) is 27.0 Å². The predicted molar refractivity (Wildman–Crippen MR) is 137 cm³/mol. The number of nitrogens with zero attached hydrogens (tertiary/aromatic N) is 5. The first-order valence-electron chi connectivity index (χ1n) is 11.2. The number of nitrogens with one attached hydrogen (secondary N) is 2. The van der Waals surface area contributed by atoms with Crippen molar-refractivity contribution >= 4 is 50.3 Å². The maximum absolute atomic E-state index is 12.8. The number of morpholine rings is 1. The molecule has 11 heteroatoms. The van der Waals surface area contributed by atoms with Gasteiger partial charge in [0.25, 0.3) is 0 Å². The standard InChI is InChI=1S/C23H27N7O2S2/c1-14-21(15(2)29(3)28-14)27-19(31)11-24-22-20-16(17-5-4-10-33-17)13-34-23(20)26-18(25-22)12-30-6-8-32-9-7-30/h4-5,10,13H,6-9,11-12H2,1-3H3,(H,27,31)(H,24,25,26). The summed E-state index contributed by atoms with van der Waals surface area (Å²) < 4.78 is 7.23. The highest BCUT2D eigenvalue weighted by atomic mass is 32.1. The van der Waals surface area contributed by atoms with Crippen molar-refractivity contribution in [1.82, 2.24) is 24.6 Å². The molecule has 1 saturated heterocycles. The van der Waals surface area contributed by atoms with Gasteiger partial charge in [-0.2, -0.15) is 5.10 Å². The Labute approximate surface area is 205 Å². The number of ether oxygens (including phenoxy) is 1. The van der Waals surface area contributed by atoms with Gasteiger partial charge in [0.2, 0.25) is 5.91 Å². The van der Waals surface area contributed by atoms with Crippen molar-refractivity contribution in [2.45, 2.75) is 20.4 Å². The molecule has 2 N–H and O–H groups in total. The van der Waals surface area contributed by atoms with Crippen LogP contribution in [0, 0.1) is 13.8 Å². The fourth-order valence-corrected chi connectivity index (χ4v) is 5.84. The monoisotopic (exact) mass is 497 g/mol. The number of carbonyl (C=O) groups excluding carboxylic acids is 1. The summed E-state index contributed by atoms with van der Waals surface area (Å²) in [5, 5.41) is 15.8. The number of carbonyl (C=O) groups is 1. The van der Waals surface area contributed by atoms with Crippen LogP contribution < -0.4 is 10.6 Å². The van der Waals surface area contributed by atoms with E-state index in [9.17, 15) is 4.79 Å². The normalized spacial score (nSPS) is 14.6. The van der Waals surface area contributed by atoms with Crippen LogP contribution in [0.1, 0.15) is 17.2 Å². The molecule has 9 nitrogen and oxygen atoms in total. The van der Waals surface area contributed by atoms with Crippen LogP contribution in [-0.4, -0.2) is 63.4 Å². The highest BCUT2D eigenvalue weighted by molar-refractivity contribution is 7.18. The minimum Gasteiger partial charge on any atom is -0.379 e.